The molecule has 4 heteroatoms. The minimum atomic E-state index is 0.245. The molecule has 82 valence electrons. The molecule has 0 atom stereocenters. The lowest BCUT2D eigenvalue weighted by molar-refractivity contribution is 1.08. The fourth-order valence-electron chi connectivity index (χ4n) is 0.924. The van der Waals surface area contributed by atoms with E-state index in [-0.39, 0.29) is 5.95 Å². The van der Waals surface area contributed by atoms with Gasteiger partial charge in [0.05, 0.1) is 0 Å². The van der Waals surface area contributed by atoms with Crippen molar-refractivity contribution in [3.63, 3.8) is 0 Å². The van der Waals surface area contributed by atoms with Crippen molar-refractivity contribution in [2.75, 3.05) is 5.73 Å². The number of aromatic amines is 1. The second-order valence-electron chi connectivity index (χ2n) is 2.40. The first-order chi connectivity index (χ1) is 7.27. The molecule has 15 heavy (non-hydrogen) atoms. The monoisotopic (exact) mass is 206 g/mol. The van der Waals surface area contributed by atoms with Crippen LogP contribution in [0.1, 0.15) is 26.6 Å². The molecule has 0 aliphatic rings. The highest BCUT2D eigenvalue weighted by Crippen LogP contribution is 2.11. The molecule has 0 aromatic carbocycles. The smallest absolute Gasteiger partial charge is 0.239 e. The zero-order chi connectivity index (χ0) is 11.7. The van der Waals surface area contributed by atoms with E-state index < -0.39 is 0 Å². The molecule has 3 N–H and O–H groups in total. The Hall–Kier alpha value is -1.84. The number of allylic oxidation sites excluding steroid dienone is 5. The third-order valence-corrected chi connectivity index (χ3v) is 1.42. The molecule has 0 unspecified atom stereocenters. The van der Waals surface area contributed by atoms with Crippen LogP contribution in [-0.2, 0) is 0 Å². The average Bonchev–Trinajstić information content (AvgIpc) is 2.68. The van der Waals surface area contributed by atoms with Gasteiger partial charge in [-0.05, 0) is 6.92 Å². The molecule has 1 aromatic rings. The number of anilines is 1. The molecule has 0 aliphatic carbocycles. The van der Waals surface area contributed by atoms with E-state index in [1.54, 1.807) is 6.08 Å². The van der Waals surface area contributed by atoms with Crippen LogP contribution in [0.2, 0.25) is 0 Å². The third-order valence-electron chi connectivity index (χ3n) is 1.42. The summed E-state index contributed by atoms with van der Waals surface area (Å²) in [5, 5.41) is 6.46. The first-order valence-corrected chi connectivity index (χ1v) is 4.91. The Morgan fingerprint density at radius 1 is 1.47 bits per heavy atom. The van der Waals surface area contributed by atoms with Crippen molar-refractivity contribution in [1.29, 1.82) is 0 Å². The van der Waals surface area contributed by atoms with Gasteiger partial charge in [0.2, 0.25) is 5.95 Å². The van der Waals surface area contributed by atoms with Gasteiger partial charge in [-0.2, -0.15) is 4.98 Å². The van der Waals surface area contributed by atoms with Crippen molar-refractivity contribution < 1.29 is 0 Å². The maximum atomic E-state index is 5.38. The number of hydrogen-bond donors (Lipinski definition) is 2. The number of nitrogen functional groups attached to an aromatic ring is 1. The van der Waals surface area contributed by atoms with E-state index in [4.69, 9.17) is 5.73 Å². The van der Waals surface area contributed by atoms with Gasteiger partial charge in [0, 0.05) is 5.57 Å². The highest BCUT2D eigenvalue weighted by molar-refractivity contribution is 5.70. The minimum absolute atomic E-state index is 0.245. The second-order valence-corrected chi connectivity index (χ2v) is 2.40. The van der Waals surface area contributed by atoms with Gasteiger partial charge in [-0.25, -0.2) is 0 Å². The summed E-state index contributed by atoms with van der Waals surface area (Å²) < 4.78 is 0. The first kappa shape index (κ1) is 13.2. The number of rotatable bonds is 3. The standard InChI is InChI=1S/C9H12N4.C2H6/c1-3-5-7(6-4-2)8-11-9(10)13-12-8;1-2/h3-6H,1H2,2H3,(H3,10,11,12,13);1-2H3/b6-4-,7-5+;. The van der Waals surface area contributed by atoms with E-state index in [0.29, 0.717) is 5.82 Å². The van der Waals surface area contributed by atoms with Crippen LogP contribution in [0, 0.1) is 0 Å². The number of aromatic nitrogens is 3. The van der Waals surface area contributed by atoms with Crippen molar-refractivity contribution in [1.82, 2.24) is 15.2 Å². The number of H-pyrrole nitrogens is 1. The van der Waals surface area contributed by atoms with Gasteiger partial charge in [-0.3, -0.25) is 5.10 Å². The molecule has 0 bridgehead atoms. The van der Waals surface area contributed by atoms with Gasteiger partial charge in [0.15, 0.2) is 5.82 Å². The molecule has 0 spiro atoms. The molecule has 1 heterocycles. The average molecular weight is 206 g/mol. The van der Waals surface area contributed by atoms with Crippen molar-refractivity contribution in [3.05, 3.63) is 36.7 Å². The molecule has 0 radical (unpaired) electrons. The molecule has 0 saturated heterocycles. The number of nitrogens with zero attached hydrogens (tertiary/aromatic N) is 2. The minimum Gasteiger partial charge on any atom is -0.366 e. The highest BCUT2D eigenvalue weighted by Gasteiger charge is 2.01. The highest BCUT2D eigenvalue weighted by atomic mass is 15.3. The van der Waals surface area contributed by atoms with E-state index >= 15 is 0 Å². The van der Waals surface area contributed by atoms with E-state index in [2.05, 4.69) is 21.8 Å². The molecule has 0 amide bonds. The molecular formula is C11H18N4. The van der Waals surface area contributed by atoms with E-state index in [9.17, 15) is 0 Å². The zero-order valence-electron chi connectivity index (χ0n) is 9.49. The lowest BCUT2D eigenvalue weighted by Crippen LogP contribution is -1.86. The third kappa shape index (κ3) is 4.26. The van der Waals surface area contributed by atoms with Crippen LogP contribution >= 0.6 is 0 Å². The van der Waals surface area contributed by atoms with Crippen LogP contribution in [0.5, 0.6) is 0 Å². The van der Waals surface area contributed by atoms with Crippen LogP contribution in [0.25, 0.3) is 5.57 Å². The predicted octanol–water partition coefficient (Wildman–Crippen LogP) is 2.56. The number of hydrogen-bond acceptors (Lipinski definition) is 3. The molecular weight excluding hydrogens is 188 g/mol. The van der Waals surface area contributed by atoms with E-state index in [0.717, 1.165) is 5.57 Å². The molecule has 1 rings (SSSR count). The Labute approximate surface area is 90.6 Å². The van der Waals surface area contributed by atoms with Gasteiger partial charge in [-0.1, -0.05) is 44.7 Å². The van der Waals surface area contributed by atoms with Crippen molar-refractivity contribution in [2.24, 2.45) is 0 Å². The van der Waals surface area contributed by atoms with Gasteiger partial charge < -0.3 is 5.73 Å². The lowest BCUT2D eigenvalue weighted by atomic mass is 10.2. The Balaban J connectivity index is 0.000000921. The summed E-state index contributed by atoms with van der Waals surface area (Å²) >= 11 is 0. The van der Waals surface area contributed by atoms with Gasteiger partial charge >= 0.3 is 0 Å². The van der Waals surface area contributed by atoms with Crippen LogP contribution in [0.4, 0.5) is 5.95 Å². The summed E-state index contributed by atoms with van der Waals surface area (Å²) in [6, 6.07) is 0. The zero-order valence-corrected chi connectivity index (χ0v) is 9.49. The van der Waals surface area contributed by atoms with Crippen LogP contribution in [-0.4, -0.2) is 15.2 Å². The Bertz CT molecular complexity index is 347. The summed E-state index contributed by atoms with van der Waals surface area (Å²) in [5.74, 6) is 0.893. The van der Waals surface area contributed by atoms with E-state index in [1.165, 1.54) is 0 Å². The Morgan fingerprint density at radius 2 is 2.13 bits per heavy atom. The number of nitrogens with two attached hydrogens (primary N) is 1. The molecule has 1 aromatic heterocycles. The quantitative estimate of drug-likeness (QED) is 0.747. The van der Waals surface area contributed by atoms with Gasteiger partial charge in [0.1, 0.15) is 0 Å². The van der Waals surface area contributed by atoms with Crippen molar-refractivity contribution in [3.8, 4) is 0 Å². The molecule has 4 nitrogen and oxygen atoms in total. The topological polar surface area (TPSA) is 67.6 Å². The first-order valence-electron chi connectivity index (χ1n) is 4.91. The SMILES string of the molecule is C=C/C=C(\C=C/C)c1nc(N)n[nH]1.CC. The van der Waals surface area contributed by atoms with Crippen LogP contribution in [0.15, 0.2) is 30.9 Å². The summed E-state index contributed by atoms with van der Waals surface area (Å²) in [7, 11) is 0. The second kappa shape index (κ2) is 7.55. The van der Waals surface area contributed by atoms with Crippen molar-refractivity contribution >= 4 is 11.5 Å². The van der Waals surface area contributed by atoms with Gasteiger partial charge in [0.25, 0.3) is 0 Å². The van der Waals surface area contributed by atoms with Crippen LogP contribution < -0.4 is 5.73 Å². The van der Waals surface area contributed by atoms with Crippen LogP contribution in [0.3, 0.4) is 0 Å². The van der Waals surface area contributed by atoms with Crippen molar-refractivity contribution in [2.45, 2.75) is 20.8 Å². The Morgan fingerprint density at radius 3 is 2.53 bits per heavy atom. The summed E-state index contributed by atoms with van der Waals surface area (Å²) in [6.45, 7) is 9.54. The van der Waals surface area contributed by atoms with Gasteiger partial charge in [-0.15, -0.1) is 5.10 Å². The lowest BCUT2D eigenvalue weighted by Gasteiger charge is -1.92. The molecule has 0 fully saturated rings. The Kier molecular flexibility index (Phi) is 6.63. The summed E-state index contributed by atoms with van der Waals surface area (Å²) in [4.78, 5) is 3.99. The largest absolute Gasteiger partial charge is 0.366 e. The molecule has 0 aliphatic heterocycles. The maximum Gasteiger partial charge on any atom is 0.239 e. The fraction of sp³-hybridized carbons (Fsp3) is 0.273. The maximum absolute atomic E-state index is 5.38. The fourth-order valence-corrected chi connectivity index (χ4v) is 0.924. The summed E-state index contributed by atoms with van der Waals surface area (Å²) in [6.07, 6.45) is 7.34. The predicted molar refractivity (Wildman–Crippen MR) is 65.1 cm³/mol. The summed E-state index contributed by atoms with van der Waals surface area (Å²) in [5.41, 5.74) is 6.28. The number of nitrogens with one attached hydrogen (secondary N) is 1. The molecule has 0 saturated carbocycles. The van der Waals surface area contributed by atoms with E-state index in [1.807, 2.05) is 39.0 Å². The normalized spacial score (nSPS) is 11.0.